The highest BCUT2D eigenvalue weighted by Gasteiger charge is 2.24. The molecule has 2 fully saturated rings. The Balaban J connectivity index is 1.16. The number of piperazine rings is 2. The predicted molar refractivity (Wildman–Crippen MR) is 114 cm³/mol. The molecule has 0 radical (unpaired) electrons. The Labute approximate surface area is 173 Å². The average Bonchev–Trinajstić information content (AvgIpc) is 2.77. The Bertz CT molecular complexity index is 753. The van der Waals surface area contributed by atoms with Crippen molar-refractivity contribution in [1.29, 1.82) is 0 Å². The van der Waals surface area contributed by atoms with Crippen LogP contribution in [0, 0.1) is 0 Å². The zero-order valence-corrected chi connectivity index (χ0v) is 17.1. The zero-order valence-electron chi connectivity index (χ0n) is 17.1. The minimum Gasteiger partial charge on any atom is -0.339 e. The molecular formula is C23H31N5O. The van der Waals surface area contributed by atoms with Gasteiger partial charge >= 0.3 is 0 Å². The first kappa shape index (κ1) is 20.0. The van der Waals surface area contributed by atoms with Crippen LogP contribution in [0.4, 0.5) is 0 Å². The lowest BCUT2D eigenvalue weighted by atomic mass is 10.2. The van der Waals surface area contributed by atoms with Crippen LogP contribution in [0.1, 0.15) is 11.1 Å². The maximum Gasteiger partial charge on any atom is 0.236 e. The largest absolute Gasteiger partial charge is 0.339 e. The normalized spacial score (nSPS) is 19.4. The summed E-state index contributed by atoms with van der Waals surface area (Å²) in [5, 5.41) is 0. The highest BCUT2D eigenvalue weighted by atomic mass is 16.2. The molecule has 2 aliphatic heterocycles. The molecule has 1 aromatic heterocycles. The van der Waals surface area contributed by atoms with Gasteiger partial charge in [-0.25, -0.2) is 0 Å². The van der Waals surface area contributed by atoms with Gasteiger partial charge in [-0.15, -0.1) is 0 Å². The number of rotatable bonds is 6. The van der Waals surface area contributed by atoms with Crippen molar-refractivity contribution in [2.75, 3.05) is 58.9 Å². The van der Waals surface area contributed by atoms with Crippen LogP contribution in [0.2, 0.25) is 0 Å². The summed E-state index contributed by atoms with van der Waals surface area (Å²) in [6.07, 6.45) is 3.73. The second-order valence-electron chi connectivity index (χ2n) is 8.06. The number of carbonyl (C=O) groups is 1. The van der Waals surface area contributed by atoms with Crippen LogP contribution in [0.5, 0.6) is 0 Å². The Hall–Kier alpha value is -2.28. The van der Waals surface area contributed by atoms with Crippen LogP contribution in [-0.2, 0) is 17.9 Å². The number of amides is 1. The molecule has 2 aromatic rings. The van der Waals surface area contributed by atoms with Gasteiger partial charge in [-0.05, 0) is 17.2 Å². The average molecular weight is 394 g/mol. The van der Waals surface area contributed by atoms with Gasteiger partial charge in [-0.1, -0.05) is 36.4 Å². The lowest BCUT2D eigenvalue weighted by Gasteiger charge is -2.38. The molecule has 6 heteroatoms. The van der Waals surface area contributed by atoms with Crippen LogP contribution in [-0.4, -0.2) is 89.4 Å². The summed E-state index contributed by atoms with van der Waals surface area (Å²) in [5.41, 5.74) is 2.60. The maximum atomic E-state index is 12.7. The molecule has 0 N–H and O–H groups in total. The van der Waals surface area contributed by atoms with Crippen LogP contribution >= 0.6 is 0 Å². The van der Waals surface area contributed by atoms with E-state index in [-0.39, 0.29) is 5.91 Å². The minimum absolute atomic E-state index is 0.280. The predicted octanol–water partition coefficient (Wildman–Crippen LogP) is 1.54. The lowest BCUT2D eigenvalue weighted by Crippen LogP contribution is -2.53. The summed E-state index contributed by atoms with van der Waals surface area (Å²) < 4.78 is 0. The standard InChI is InChI=1S/C23H31N5O/c29-23(28-15-13-26(14-16-28)19-22-7-4-8-24-17-22)20-27-11-9-25(10-12-27)18-21-5-2-1-3-6-21/h1-8,17H,9-16,18-20H2. The van der Waals surface area contributed by atoms with E-state index < -0.39 is 0 Å². The molecule has 4 rings (SSSR count). The van der Waals surface area contributed by atoms with E-state index in [2.05, 4.69) is 56.1 Å². The fourth-order valence-corrected chi connectivity index (χ4v) is 4.14. The van der Waals surface area contributed by atoms with Gasteiger partial charge in [-0.2, -0.15) is 0 Å². The van der Waals surface area contributed by atoms with Crippen molar-refractivity contribution < 1.29 is 4.79 Å². The zero-order chi connectivity index (χ0) is 19.9. The molecule has 6 nitrogen and oxygen atoms in total. The number of pyridine rings is 1. The Morgan fingerprint density at radius 3 is 1.97 bits per heavy atom. The quantitative estimate of drug-likeness (QED) is 0.745. The van der Waals surface area contributed by atoms with Gasteiger partial charge in [0, 0.05) is 77.8 Å². The monoisotopic (exact) mass is 393 g/mol. The third kappa shape index (κ3) is 5.85. The molecule has 0 atom stereocenters. The molecule has 1 aromatic carbocycles. The molecule has 3 heterocycles. The maximum absolute atomic E-state index is 12.7. The summed E-state index contributed by atoms with van der Waals surface area (Å²) in [7, 11) is 0. The first-order chi connectivity index (χ1) is 14.3. The van der Waals surface area contributed by atoms with E-state index in [0.717, 1.165) is 65.4 Å². The Morgan fingerprint density at radius 2 is 1.31 bits per heavy atom. The number of hydrogen-bond donors (Lipinski definition) is 0. The van der Waals surface area contributed by atoms with E-state index in [1.807, 2.05) is 23.4 Å². The number of aromatic nitrogens is 1. The lowest BCUT2D eigenvalue weighted by molar-refractivity contribution is -0.134. The molecule has 29 heavy (non-hydrogen) atoms. The number of nitrogens with zero attached hydrogens (tertiary/aromatic N) is 5. The number of hydrogen-bond acceptors (Lipinski definition) is 5. The van der Waals surface area contributed by atoms with E-state index in [1.54, 1.807) is 0 Å². The van der Waals surface area contributed by atoms with Gasteiger partial charge in [0.2, 0.25) is 5.91 Å². The van der Waals surface area contributed by atoms with Gasteiger partial charge in [0.25, 0.3) is 0 Å². The van der Waals surface area contributed by atoms with E-state index in [4.69, 9.17) is 0 Å². The minimum atomic E-state index is 0.280. The summed E-state index contributed by atoms with van der Waals surface area (Å²) in [4.78, 5) is 26.2. The second kappa shape index (κ2) is 9.96. The number of benzene rings is 1. The van der Waals surface area contributed by atoms with Crippen LogP contribution in [0.3, 0.4) is 0 Å². The summed E-state index contributed by atoms with van der Waals surface area (Å²) in [5.74, 6) is 0.280. The molecule has 2 aliphatic rings. The van der Waals surface area contributed by atoms with Crippen molar-refractivity contribution in [3.8, 4) is 0 Å². The van der Waals surface area contributed by atoms with Crippen LogP contribution in [0.15, 0.2) is 54.9 Å². The Morgan fingerprint density at radius 1 is 0.724 bits per heavy atom. The first-order valence-electron chi connectivity index (χ1n) is 10.6. The first-order valence-corrected chi connectivity index (χ1v) is 10.6. The summed E-state index contributed by atoms with van der Waals surface area (Å²) in [6, 6.07) is 14.7. The topological polar surface area (TPSA) is 42.9 Å². The van der Waals surface area contributed by atoms with Gasteiger partial charge in [0.15, 0.2) is 0 Å². The molecule has 0 unspecified atom stereocenters. The third-order valence-electron chi connectivity index (χ3n) is 5.93. The van der Waals surface area contributed by atoms with E-state index in [1.165, 1.54) is 11.1 Å². The molecular weight excluding hydrogens is 362 g/mol. The van der Waals surface area contributed by atoms with Crippen molar-refractivity contribution >= 4 is 5.91 Å². The fraction of sp³-hybridized carbons (Fsp3) is 0.478. The smallest absolute Gasteiger partial charge is 0.236 e. The molecule has 2 saturated heterocycles. The molecule has 154 valence electrons. The molecule has 0 aliphatic carbocycles. The SMILES string of the molecule is O=C(CN1CCN(Cc2ccccc2)CC1)N1CCN(Cc2cccnc2)CC1. The highest BCUT2D eigenvalue weighted by Crippen LogP contribution is 2.11. The highest BCUT2D eigenvalue weighted by molar-refractivity contribution is 5.78. The molecule has 1 amide bonds. The van der Waals surface area contributed by atoms with E-state index in [0.29, 0.717) is 6.54 Å². The molecule has 0 saturated carbocycles. The van der Waals surface area contributed by atoms with E-state index in [9.17, 15) is 4.79 Å². The molecule has 0 bridgehead atoms. The van der Waals surface area contributed by atoms with Crippen molar-refractivity contribution in [3.05, 3.63) is 66.0 Å². The number of carbonyl (C=O) groups excluding carboxylic acids is 1. The van der Waals surface area contributed by atoms with Crippen molar-refractivity contribution in [3.63, 3.8) is 0 Å². The van der Waals surface area contributed by atoms with E-state index >= 15 is 0 Å². The van der Waals surface area contributed by atoms with Gasteiger partial charge in [-0.3, -0.25) is 24.5 Å². The van der Waals surface area contributed by atoms with Gasteiger partial charge < -0.3 is 4.90 Å². The van der Waals surface area contributed by atoms with Crippen molar-refractivity contribution in [1.82, 2.24) is 24.6 Å². The summed E-state index contributed by atoms with van der Waals surface area (Å²) in [6.45, 7) is 10.0. The fourth-order valence-electron chi connectivity index (χ4n) is 4.14. The van der Waals surface area contributed by atoms with Crippen molar-refractivity contribution in [2.45, 2.75) is 13.1 Å². The van der Waals surface area contributed by atoms with Gasteiger partial charge in [0.05, 0.1) is 6.54 Å². The Kier molecular flexibility index (Phi) is 6.87. The molecule has 0 spiro atoms. The summed E-state index contributed by atoms with van der Waals surface area (Å²) >= 11 is 0. The third-order valence-corrected chi connectivity index (χ3v) is 5.93. The van der Waals surface area contributed by atoms with Gasteiger partial charge in [0.1, 0.15) is 0 Å². The van der Waals surface area contributed by atoms with Crippen molar-refractivity contribution in [2.24, 2.45) is 0 Å². The second-order valence-corrected chi connectivity index (χ2v) is 8.06. The van der Waals surface area contributed by atoms with Crippen LogP contribution < -0.4 is 0 Å². The van der Waals surface area contributed by atoms with Crippen LogP contribution in [0.25, 0.3) is 0 Å².